The summed E-state index contributed by atoms with van der Waals surface area (Å²) in [7, 11) is -3.27. The Morgan fingerprint density at radius 2 is 2.11 bits per heavy atom. The van der Waals surface area contributed by atoms with Crippen molar-refractivity contribution in [2.45, 2.75) is 23.8 Å². The van der Waals surface area contributed by atoms with Crippen molar-refractivity contribution >= 4 is 27.1 Å². The maximum atomic E-state index is 11.5. The van der Waals surface area contributed by atoms with Crippen LogP contribution < -0.4 is 16.4 Å². The van der Waals surface area contributed by atoms with Crippen LogP contribution in [0, 0.1) is 0 Å². The molecule has 1 saturated carbocycles. The molecular weight excluding hydrogens is 266 g/mol. The highest BCUT2D eigenvalue weighted by Crippen LogP contribution is 2.22. The molecule has 0 heterocycles. The molecule has 0 saturated heterocycles. The first-order valence-electron chi connectivity index (χ1n) is 5.99. The van der Waals surface area contributed by atoms with Gasteiger partial charge in [-0.1, -0.05) is 0 Å². The first kappa shape index (κ1) is 13.7. The van der Waals surface area contributed by atoms with Gasteiger partial charge < -0.3 is 16.4 Å². The number of rotatable bonds is 5. The van der Waals surface area contributed by atoms with Crippen molar-refractivity contribution in [2.75, 3.05) is 23.9 Å². The number of benzene rings is 1. The zero-order valence-corrected chi connectivity index (χ0v) is 11.5. The lowest BCUT2D eigenvalue weighted by atomic mass is 10.2. The van der Waals surface area contributed by atoms with Crippen molar-refractivity contribution in [3.05, 3.63) is 18.2 Å². The number of hydrogen-bond donors (Lipinski definition) is 3. The second kappa shape index (κ2) is 5.08. The summed E-state index contributed by atoms with van der Waals surface area (Å²) in [5.74, 6) is -0.0888. The van der Waals surface area contributed by atoms with Gasteiger partial charge in [0.05, 0.1) is 22.8 Å². The normalized spacial score (nSPS) is 15.0. The molecule has 0 aromatic heterocycles. The molecule has 1 aliphatic rings. The molecule has 1 aliphatic carbocycles. The van der Waals surface area contributed by atoms with Crippen LogP contribution >= 0.6 is 0 Å². The highest BCUT2D eigenvalue weighted by Gasteiger charge is 2.22. The van der Waals surface area contributed by atoms with Crippen LogP contribution in [-0.2, 0) is 14.6 Å². The van der Waals surface area contributed by atoms with Gasteiger partial charge in [0, 0.05) is 12.3 Å². The molecule has 0 radical (unpaired) electrons. The van der Waals surface area contributed by atoms with E-state index in [9.17, 15) is 13.2 Å². The van der Waals surface area contributed by atoms with Crippen LogP contribution in [0.4, 0.5) is 11.4 Å². The highest BCUT2D eigenvalue weighted by molar-refractivity contribution is 7.90. The van der Waals surface area contributed by atoms with Crippen LogP contribution in [0.25, 0.3) is 0 Å². The number of carbonyl (C=O) groups excluding carboxylic acids is 1. The number of sulfone groups is 1. The Balaban J connectivity index is 1.98. The maximum absolute atomic E-state index is 11.5. The van der Waals surface area contributed by atoms with E-state index in [2.05, 4.69) is 10.6 Å². The third-order valence-corrected chi connectivity index (χ3v) is 3.94. The molecule has 0 aliphatic heterocycles. The summed E-state index contributed by atoms with van der Waals surface area (Å²) in [6, 6.07) is 4.73. The van der Waals surface area contributed by atoms with Gasteiger partial charge in [0.15, 0.2) is 9.84 Å². The lowest BCUT2D eigenvalue weighted by Crippen LogP contribution is -2.31. The molecule has 6 nitrogen and oxygen atoms in total. The molecule has 1 aromatic rings. The molecule has 2 rings (SSSR count). The van der Waals surface area contributed by atoms with Gasteiger partial charge in [-0.2, -0.15) is 0 Å². The largest absolute Gasteiger partial charge is 0.397 e. The molecular formula is C12H17N3O3S. The minimum absolute atomic E-state index is 0.0888. The Morgan fingerprint density at radius 3 is 2.63 bits per heavy atom. The van der Waals surface area contributed by atoms with E-state index in [0.717, 1.165) is 19.1 Å². The molecule has 4 N–H and O–H groups in total. The molecule has 0 spiro atoms. The Hall–Kier alpha value is -1.76. The van der Waals surface area contributed by atoms with Gasteiger partial charge in [0.1, 0.15) is 0 Å². The average Bonchev–Trinajstić information content (AvgIpc) is 3.10. The van der Waals surface area contributed by atoms with E-state index in [4.69, 9.17) is 5.73 Å². The molecule has 7 heteroatoms. The minimum Gasteiger partial charge on any atom is -0.397 e. The predicted octanol–water partition coefficient (Wildman–Crippen LogP) is 0.363. The number of carbonyl (C=O) groups is 1. The average molecular weight is 283 g/mol. The summed E-state index contributed by atoms with van der Waals surface area (Å²) in [5, 5.41) is 5.73. The van der Waals surface area contributed by atoms with E-state index in [1.807, 2.05) is 0 Å². The van der Waals surface area contributed by atoms with Crippen LogP contribution in [0.1, 0.15) is 12.8 Å². The van der Waals surface area contributed by atoms with Gasteiger partial charge in [0.25, 0.3) is 0 Å². The zero-order chi connectivity index (χ0) is 14.0. The second-order valence-corrected chi connectivity index (χ2v) is 6.73. The molecule has 0 bridgehead atoms. The van der Waals surface area contributed by atoms with E-state index in [1.165, 1.54) is 12.1 Å². The fourth-order valence-electron chi connectivity index (χ4n) is 1.61. The van der Waals surface area contributed by atoms with Crippen molar-refractivity contribution in [3.63, 3.8) is 0 Å². The van der Waals surface area contributed by atoms with E-state index >= 15 is 0 Å². The summed E-state index contributed by atoms with van der Waals surface area (Å²) < 4.78 is 22.7. The Labute approximate surface area is 112 Å². The Bertz CT molecular complexity index is 594. The topological polar surface area (TPSA) is 101 Å². The third kappa shape index (κ3) is 3.85. The van der Waals surface area contributed by atoms with Crippen LogP contribution in [0.5, 0.6) is 0 Å². The van der Waals surface area contributed by atoms with Crippen LogP contribution in [0.2, 0.25) is 0 Å². The molecule has 1 aromatic carbocycles. The standard InChI is InChI=1S/C12H17N3O3S/c1-19(17,18)9-4-5-11(10(13)6-9)14-7-12(16)15-8-2-3-8/h4-6,8,14H,2-3,7,13H2,1H3,(H,15,16). The number of anilines is 2. The van der Waals surface area contributed by atoms with E-state index < -0.39 is 9.84 Å². The second-order valence-electron chi connectivity index (χ2n) is 4.72. The number of nitrogens with two attached hydrogens (primary N) is 1. The van der Waals surface area contributed by atoms with Crippen molar-refractivity contribution in [2.24, 2.45) is 0 Å². The van der Waals surface area contributed by atoms with Crippen LogP contribution in [0.3, 0.4) is 0 Å². The van der Waals surface area contributed by atoms with E-state index in [0.29, 0.717) is 17.4 Å². The van der Waals surface area contributed by atoms with Crippen molar-refractivity contribution in [1.29, 1.82) is 0 Å². The third-order valence-electron chi connectivity index (χ3n) is 2.83. The summed E-state index contributed by atoms with van der Waals surface area (Å²) in [5.41, 5.74) is 6.62. The molecule has 1 fully saturated rings. The molecule has 0 unspecified atom stereocenters. The first-order chi connectivity index (χ1) is 8.86. The lowest BCUT2D eigenvalue weighted by molar-refractivity contribution is -0.119. The first-order valence-corrected chi connectivity index (χ1v) is 7.88. The number of hydrogen-bond acceptors (Lipinski definition) is 5. The number of nitrogen functional groups attached to an aromatic ring is 1. The number of amides is 1. The van der Waals surface area contributed by atoms with Gasteiger partial charge in [-0.15, -0.1) is 0 Å². The summed E-state index contributed by atoms with van der Waals surface area (Å²) in [6.45, 7) is 0.124. The fourth-order valence-corrected chi connectivity index (χ4v) is 2.27. The monoisotopic (exact) mass is 283 g/mol. The highest BCUT2D eigenvalue weighted by atomic mass is 32.2. The molecule has 0 atom stereocenters. The Morgan fingerprint density at radius 1 is 1.42 bits per heavy atom. The predicted molar refractivity (Wildman–Crippen MR) is 73.6 cm³/mol. The smallest absolute Gasteiger partial charge is 0.239 e. The molecule has 104 valence electrons. The van der Waals surface area contributed by atoms with Gasteiger partial charge in [-0.25, -0.2) is 8.42 Å². The van der Waals surface area contributed by atoms with E-state index in [-0.39, 0.29) is 17.3 Å². The van der Waals surface area contributed by atoms with Crippen LogP contribution in [0.15, 0.2) is 23.1 Å². The minimum atomic E-state index is -3.27. The lowest BCUT2D eigenvalue weighted by Gasteiger charge is -2.10. The SMILES string of the molecule is CS(=O)(=O)c1ccc(NCC(=O)NC2CC2)c(N)c1. The van der Waals surface area contributed by atoms with Crippen LogP contribution in [-0.4, -0.2) is 33.2 Å². The van der Waals surface area contributed by atoms with E-state index in [1.54, 1.807) is 6.07 Å². The van der Waals surface area contributed by atoms with Crippen molar-refractivity contribution < 1.29 is 13.2 Å². The van der Waals surface area contributed by atoms with Crippen molar-refractivity contribution in [3.8, 4) is 0 Å². The summed E-state index contributed by atoms with van der Waals surface area (Å²) in [6.07, 6.45) is 3.20. The molecule has 19 heavy (non-hydrogen) atoms. The zero-order valence-electron chi connectivity index (χ0n) is 10.6. The quantitative estimate of drug-likeness (QED) is 0.677. The molecule has 1 amide bonds. The fraction of sp³-hybridized carbons (Fsp3) is 0.417. The maximum Gasteiger partial charge on any atom is 0.239 e. The van der Waals surface area contributed by atoms with Gasteiger partial charge in [-0.05, 0) is 31.0 Å². The summed E-state index contributed by atoms with van der Waals surface area (Å²) >= 11 is 0. The Kier molecular flexibility index (Phi) is 3.66. The van der Waals surface area contributed by atoms with Gasteiger partial charge in [-0.3, -0.25) is 4.79 Å². The van der Waals surface area contributed by atoms with Crippen molar-refractivity contribution in [1.82, 2.24) is 5.32 Å². The van der Waals surface area contributed by atoms with Gasteiger partial charge >= 0.3 is 0 Å². The summed E-state index contributed by atoms with van der Waals surface area (Å²) in [4.78, 5) is 11.7. The van der Waals surface area contributed by atoms with Gasteiger partial charge in [0.2, 0.25) is 5.91 Å². The number of nitrogens with one attached hydrogen (secondary N) is 2.